The highest BCUT2D eigenvalue weighted by molar-refractivity contribution is 5.87. The van der Waals surface area contributed by atoms with E-state index in [9.17, 15) is 0 Å². The Kier molecular flexibility index (Phi) is 4.40. The summed E-state index contributed by atoms with van der Waals surface area (Å²) in [6.07, 6.45) is 2.24. The van der Waals surface area contributed by atoms with Crippen molar-refractivity contribution in [2.24, 2.45) is 0 Å². The highest BCUT2D eigenvalue weighted by atomic mass is 15.5. The molecular weight excluding hydrogens is 380 g/mol. The van der Waals surface area contributed by atoms with Gasteiger partial charge in [0.25, 0.3) is 0 Å². The molecule has 0 saturated carbocycles. The van der Waals surface area contributed by atoms with Crippen molar-refractivity contribution in [3.05, 3.63) is 65.4 Å². The standard InChI is InChI=1S/C27H32N4/c1-16(2)18-11-10-12-19(17(3)4)23(18)24-28-15-22-25(29-24)30(7)26-27(5,6)20-13-8-9-14-21(20)31(22)26/h8-17,26H,1-7H3. The monoisotopic (exact) mass is 412 g/mol. The lowest BCUT2D eigenvalue weighted by molar-refractivity contribution is 0.441. The highest BCUT2D eigenvalue weighted by Crippen LogP contribution is 2.55. The number of nitrogens with zero attached hydrogens (tertiary/aromatic N) is 4. The van der Waals surface area contributed by atoms with Gasteiger partial charge in [0.2, 0.25) is 0 Å². The molecule has 0 bridgehead atoms. The molecule has 1 atom stereocenters. The number of para-hydroxylation sites is 1. The van der Waals surface area contributed by atoms with Crippen LogP contribution in [0.2, 0.25) is 0 Å². The predicted molar refractivity (Wildman–Crippen MR) is 129 cm³/mol. The quantitative estimate of drug-likeness (QED) is 0.485. The molecular formula is C27H32N4. The van der Waals surface area contributed by atoms with Gasteiger partial charge in [0.05, 0.1) is 6.20 Å². The molecule has 5 rings (SSSR count). The minimum Gasteiger partial charge on any atom is -0.336 e. The first-order chi connectivity index (χ1) is 14.7. The number of benzene rings is 2. The van der Waals surface area contributed by atoms with Crippen molar-refractivity contribution in [3.8, 4) is 11.4 Å². The van der Waals surface area contributed by atoms with E-state index in [1.54, 1.807) is 0 Å². The summed E-state index contributed by atoms with van der Waals surface area (Å²) in [7, 11) is 2.17. The summed E-state index contributed by atoms with van der Waals surface area (Å²) >= 11 is 0. The molecule has 3 aromatic rings. The van der Waals surface area contributed by atoms with E-state index in [0.717, 1.165) is 17.3 Å². The van der Waals surface area contributed by atoms with Gasteiger partial charge in [-0.25, -0.2) is 9.97 Å². The number of hydrogen-bond donors (Lipinski definition) is 0. The molecule has 0 N–H and O–H groups in total. The summed E-state index contributed by atoms with van der Waals surface area (Å²) < 4.78 is 0. The fourth-order valence-corrected chi connectivity index (χ4v) is 5.58. The second kappa shape index (κ2) is 6.81. The van der Waals surface area contributed by atoms with Gasteiger partial charge < -0.3 is 9.80 Å². The zero-order valence-corrected chi connectivity index (χ0v) is 19.6. The lowest BCUT2D eigenvalue weighted by atomic mass is 9.84. The maximum atomic E-state index is 5.18. The van der Waals surface area contributed by atoms with Crippen LogP contribution in [0, 0.1) is 0 Å². The minimum absolute atomic E-state index is 0.00879. The van der Waals surface area contributed by atoms with Crippen LogP contribution in [-0.4, -0.2) is 23.2 Å². The topological polar surface area (TPSA) is 32.3 Å². The van der Waals surface area contributed by atoms with Crippen molar-refractivity contribution in [2.45, 2.75) is 65.0 Å². The van der Waals surface area contributed by atoms with Crippen LogP contribution in [0.15, 0.2) is 48.7 Å². The second-order valence-corrected chi connectivity index (χ2v) is 10.1. The van der Waals surface area contributed by atoms with Crippen molar-refractivity contribution in [1.29, 1.82) is 0 Å². The molecule has 0 radical (unpaired) electrons. The van der Waals surface area contributed by atoms with Gasteiger partial charge in [-0.3, -0.25) is 0 Å². The summed E-state index contributed by atoms with van der Waals surface area (Å²) in [5.41, 5.74) is 7.58. The number of fused-ring (bicyclic) bond motifs is 5. The highest BCUT2D eigenvalue weighted by Gasteiger charge is 2.52. The molecule has 2 aliphatic heterocycles. The van der Waals surface area contributed by atoms with Gasteiger partial charge in [0.15, 0.2) is 11.6 Å². The number of hydrogen-bond acceptors (Lipinski definition) is 4. The fraction of sp³-hybridized carbons (Fsp3) is 0.407. The third-order valence-corrected chi connectivity index (χ3v) is 7.05. The molecule has 0 amide bonds. The molecule has 1 aromatic heterocycles. The molecule has 4 heteroatoms. The summed E-state index contributed by atoms with van der Waals surface area (Å²) in [6, 6.07) is 15.4. The van der Waals surface area contributed by atoms with Crippen LogP contribution < -0.4 is 9.80 Å². The first-order valence-corrected chi connectivity index (χ1v) is 11.3. The van der Waals surface area contributed by atoms with Crippen LogP contribution in [0.5, 0.6) is 0 Å². The van der Waals surface area contributed by atoms with Crippen LogP contribution in [-0.2, 0) is 5.41 Å². The molecule has 2 aromatic carbocycles. The Bertz CT molecular complexity index is 1140. The average Bonchev–Trinajstić information content (AvgIpc) is 3.18. The summed E-state index contributed by atoms with van der Waals surface area (Å²) in [5, 5.41) is 0. The Morgan fingerprint density at radius 3 is 2.16 bits per heavy atom. The molecule has 4 nitrogen and oxygen atoms in total. The number of likely N-dealkylation sites (N-methyl/N-ethyl adjacent to an activating group) is 1. The largest absolute Gasteiger partial charge is 0.336 e. The minimum atomic E-state index is -0.00879. The van der Waals surface area contributed by atoms with E-state index in [1.807, 2.05) is 6.20 Å². The summed E-state index contributed by atoms with van der Waals surface area (Å²) in [5.74, 6) is 2.69. The van der Waals surface area contributed by atoms with Crippen molar-refractivity contribution in [2.75, 3.05) is 16.8 Å². The van der Waals surface area contributed by atoms with Crippen LogP contribution in [0.4, 0.5) is 17.2 Å². The van der Waals surface area contributed by atoms with Crippen molar-refractivity contribution < 1.29 is 0 Å². The van der Waals surface area contributed by atoms with Crippen molar-refractivity contribution >= 4 is 17.2 Å². The molecule has 0 spiro atoms. The molecule has 160 valence electrons. The Labute approximate surface area is 186 Å². The van der Waals surface area contributed by atoms with Gasteiger partial charge in [0.1, 0.15) is 11.9 Å². The zero-order chi connectivity index (χ0) is 22.1. The van der Waals surface area contributed by atoms with E-state index in [2.05, 4.69) is 101 Å². The van der Waals surface area contributed by atoms with Crippen LogP contribution >= 0.6 is 0 Å². The van der Waals surface area contributed by atoms with E-state index in [0.29, 0.717) is 11.8 Å². The van der Waals surface area contributed by atoms with Gasteiger partial charge in [0, 0.05) is 23.7 Å². The van der Waals surface area contributed by atoms with Gasteiger partial charge in [-0.15, -0.1) is 0 Å². The summed E-state index contributed by atoms with van der Waals surface area (Å²) in [6.45, 7) is 13.7. The molecule has 31 heavy (non-hydrogen) atoms. The van der Waals surface area contributed by atoms with Crippen LogP contribution in [0.3, 0.4) is 0 Å². The maximum absolute atomic E-state index is 5.18. The smallest absolute Gasteiger partial charge is 0.162 e. The lowest BCUT2D eigenvalue weighted by Gasteiger charge is -2.34. The predicted octanol–water partition coefficient (Wildman–Crippen LogP) is 6.60. The number of anilines is 3. The van der Waals surface area contributed by atoms with Gasteiger partial charge in [-0.05, 0) is 34.6 Å². The average molecular weight is 413 g/mol. The van der Waals surface area contributed by atoms with Crippen molar-refractivity contribution in [3.63, 3.8) is 0 Å². The normalized spacial score (nSPS) is 18.5. The zero-order valence-electron chi connectivity index (χ0n) is 19.6. The molecule has 1 unspecified atom stereocenters. The van der Waals surface area contributed by atoms with E-state index in [4.69, 9.17) is 9.97 Å². The maximum Gasteiger partial charge on any atom is 0.162 e. The first kappa shape index (κ1) is 20.0. The number of rotatable bonds is 3. The van der Waals surface area contributed by atoms with Gasteiger partial charge in [-0.2, -0.15) is 0 Å². The third-order valence-electron chi connectivity index (χ3n) is 7.05. The van der Waals surface area contributed by atoms with Crippen molar-refractivity contribution in [1.82, 2.24) is 9.97 Å². The molecule has 0 aliphatic carbocycles. The first-order valence-electron chi connectivity index (χ1n) is 11.3. The Morgan fingerprint density at radius 2 is 1.52 bits per heavy atom. The Morgan fingerprint density at radius 1 is 0.871 bits per heavy atom. The fourth-order valence-electron chi connectivity index (χ4n) is 5.58. The van der Waals surface area contributed by atoms with E-state index in [-0.39, 0.29) is 11.6 Å². The Balaban J connectivity index is 1.70. The molecule has 0 fully saturated rings. The third kappa shape index (κ3) is 2.73. The second-order valence-electron chi connectivity index (χ2n) is 10.1. The summed E-state index contributed by atoms with van der Waals surface area (Å²) in [4.78, 5) is 14.9. The van der Waals surface area contributed by atoms with E-state index < -0.39 is 0 Å². The Hall–Kier alpha value is -2.88. The molecule has 2 aliphatic rings. The van der Waals surface area contributed by atoms with Gasteiger partial charge in [-0.1, -0.05) is 77.9 Å². The van der Waals surface area contributed by atoms with Gasteiger partial charge >= 0.3 is 0 Å². The SMILES string of the molecule is CC(C)c1cccc(C(C)C)c1-c1ncc2c(n1)N(C)C1N2c2ccccc2C1(C)C. The van der Waals surface area contributed by atoms with Crippen LogP contribution in [0.25, 0.3) is 11.4 Å². The molecule has 3 heterocycles. The van der Waals surface area contributed by atoms with Crippen LogP contribution in [0.1, 0.15) is 70.1 Å². The lowest BCUT2D eigenvalue weighted by Crippen LogP contribution is -2.46. The molecule has 0 saturated heterocycles. The van der Waals surface area contributed by atoms with E-state index in [1.165, 1.54) is 27.9 Å². The van der Waals surface area contributed by atoms with E-state index >= 15 is 0 Å². The number of aromatic nitrogens is 2.